The molecule has 0 aliphatic heterocycles. The van der Waals surface area contributed by atoms with Crippen molar-refractivity contribution >= 4 is 17.3 Å². The maximum Gasteiger partial charge on any atom is 0.0624 e. The van der Waals surface area contributed by atoms with Crippen LogP contribution < -0.4 is 5.73 Å². The molecular formula is C11H10ClN3. The first-order chi connectivity index (χ1) is 7.27. The SMILES string of the molecule is Nc1ccncc1Cc1ccncc1Cl. The third-order valence-electron chi connectivity index (χ3n) is 2.18. The summed E-state index contributed by atoms with van der Waals surface area (Å²) < 4.78 is 0. The Bertz CT molecular complexity index is 427. The van der Waals surface area contributed by atoms with Crippen molar-refractivity contribution in [3.8, 4) is 0 Å². The van der Waals surface area contributed by atoms with Crippen LogP contribution in [-0.4, -0.2) is 9.97 Å². The van der Waals surface area contributed by atoms with Crippen molar-refractivity contribution in [1.82, 2.24) is 9.97 Å². The van der Waals surface area contributed by atoms with Crippen molar-refractivity contribution in [1.29, 1.82) is 0 Å². The van der Waals surface area contributed by atoms with Gasteiger partial charge in [0.1, 0.15) is 0 Å². The van der Waals surface area contributed by atoms with E-state index in [1.807, 2.05) is 6.07 Å². The summed E-state index contributed by atoms with van der Waals surface area (Å²) >= 11 is 6.00. The molecule has 76 valence electrons. The van der Waals surface area contributed by atoms with Gasteiger partial charge in [-0.1, -0.05) is 11.6 Å². The highest BCUT2D eigenvalue weighted by molar-refractivity contribution is 6.31. The number of nitrogens with two attached hydrogens (primary N) is 1. The second-order valence-electron chi connectivity index (χ2n) is 3.22. The molecule has 2 rings (SSSR count). The zero-order valence-electron chi connectivity index (χ0n) is 8.02. The molecule has 2 N–H and O–H groups in total. The number of anilines is 1. The van der Waals surface area contributed by atoms with Gasteiger partial charge in [-0.25, -0.2) is 0 Å². The second-order valence-corrected chi connectivity index (χ2v) is 3.63. The van der Waals surface area contributed by atoms with Gasteiger partial charge in [-0.05, 0) is 23.3 Å². The Morgan fingerprint density at radius 1 is 1.07 bits per heavy atom. The van der Waals surface area contributed by atoms with Crippen molar-refractivity contribution in [3.63, 3.8) is 0 Å². The Morgan fingerprint density at radius 3 is 2.53 bits per heavy atom. The summed E-state index contributed by atoms with van der Waals surface area (Å²) in [5, 5.41) is 0.653. The number of hydrogen-bond acceptors (Lipinski definition) is 3. The fourth-order valence-corrected chi connectivity index (χ4v) is 1.52. The fraction of sp³-hybridized carbons (Fsp3) is 0.0909. The maximum absolute atomic E-state index is 6.00. The summed E-state index contributed by atoms with van der Waals surface area (Å²) in [6, 6.07) is 3.67. The Balaban J connectivity index is 2.30. The normalized spacial score (nSPS) is 10.2. The molecule has 2 aromatic rings. The molecule has 0 radical (unpaired) electrons. The van der Waals surface area contributed by atoms with Crippen LogP contribution in [0.2, 0.25) is 5.02 Å². The van der Waals surface area contributed by atoms with Crippen LogP contribution in [0.25, 0.3) is 0 Å². The number of rotatable bonds is 2. The van der Waals surface area contributed by atoms with Crippen molar-refractivity contribution < 1.29 is 0 Å². The highest BCUT2D eigenvalue weighted by Crippen LogP contribution is 2.20. The smallest absolute Gasteiger partial charge is 0.0624 e. The van der Waals surface area contributed by atoms with Crippen molar-refractivity contribution in [2.45, 2.75) is 6.42 Å². The Morgan fingerprint density at radius 2 is 1.80 bits per heavy atom. The molecular weight excluding hydrogens is 210 g/mol. The molecule has 0 aliphatic rings. The quantitative estimate of drug-likeness (QED) is 0.843. The molecule has 0 saturated carbocycles. The van der Waals surface area contributed by atoms with E-state index >= 15 is 0 Å². The van der Waals surface area contributed by atoms with E-state index < -0.39 is 0 Å². The number of hydrogen-bond donors (Lipinski definition) is 1. The van der Waals surface area contributed by atoms with E-state index in [1.54, 1.807) is 30.9 Å². The first-order valence-electron chi connectivity index (χ1n) is 4.54. The number of nitrogen functional groups attached to an aromatic ring is 1. The lowest BCUT2D eigenvalue weighted by Crippen LogP contribution is -1.97. The average Bonchev–Trinajstić information content (AvgIpc) is 2.24. The van der Waals surface area contributed by atoms with Gasteiger partial charge in [0.05, 0.1) is 5.02 Å². The molecule has 3 nitrogen and oxygen atoms in total. The highest BCUT2D eigenvalue weighted by Gasteiger charge is 2.03. The summed E-state index contributed by atoms with van der Waals surface area (Å²) in [4.78, 5) is 7.96. The number of aromatic nitrogens is 2. The van der Waals surface area contributed by atoms with Crippen LogP contribution in [0, 0.1) is 0 Å². The molecule has 0 spiro atoms. The fourth-order valence-electron chi connectivity index (χ4n) is 1.34. The lowest BCUT2D eigenvalue weighted by molar-refractivity contribution is 1.13. The first-order valence-corrected chi connectivity index (χ1v) is 4.92. The zero-order valence-corrected chi connectivity index (χ0v) is 8.78. The molecule has 0 atom stereocenters. The van der Waals surface area contributed by atoms with Gasteiger partial charge in [0.25, 0.3) is 0 Å². The summed E-state index contributed by atoms with van der Waals surface area (Å²) in [5.74, 6) is 0. The van der Waals surface area contributed by atoms with Gasteiger partial charge in [-0.3, -0.25) is 9.97 Å². The van der Waals surface area contributed by atoms with E-state index in [0.29, 0.717) is 11.4 Å². The third-order valence-corrected chi connectivity index (χ3v) is 2.52. The minimum atomic E-state index is 0.653. The largest absolute Gasteiger partial charge is 0.398 e. The maximum atomic E-state index is 6.00. The van der Waals surface area contributed by atoms with Crippen molar-refractivity contribution in [2.75, 3.05) is 5.73 Å². The van der Waals surface area contributed by atoms with Gasteiger partial charge in [0, 0.05) is 36.9 Å². The molecule has 0 aromatic carbocycles. The molecule has 2 aromatic heterocycles. The van der Waals surface area contributed by atoms with Crippen LogP contribution >= 0.6 is 11.6 Å². The van der Waals surface area contributed by atoms with E-state index in [-0.39, 0.29) is 0 Å². The minimum Gasteiger partial charge on any atom is -0.398 e. The van der Waals surface area contributed by atoms with Gasteiger partial charge in [0.15, 0.2) is 0 Å². The number of nitrogens with zero attached hydrogens (tertiary/aromatic N) is 2. The Labute approximate surface area is 92.9 Å². The van der Waals surface area contributed by atoms with Gasteiger partial charge in [0.2, 0.25) is 0 Å². The highest BCUT2D eigenvalue weighted by atomic mass is 35.5. The van der Waals surface area contributed by atoms with E-state index in [2.05, 4.69) is 9.97 Å². The Kier molecular flexibility index (Phi) is 2.83. The predicted molar refractivity (Wildman–Crippen MR) is 60.7 cm³/mol. The van der Waals surface area contributed by atoms with Crippen LogP contribution in [0.15, 0.2) is 36.9 Å². The summed E-state index contributed by atoms with van der Waals surface area (Å²) in [6.07, 6.45) is 7.46. The van der Waals surface area contributed by atoms with E-state index in [1.165, 1.54) is 0 Å². The van der Waals surface area contributed by atoms with Gasteiger partial charge in [-0.15, -0.1) is 0 Å². The first kappa shape index (κ1) is 9.93. The van der Waals surface area contributed by atoms with Crippen LogP contribution in [-0.2, 0) is 6.42 Å². The minimum absolute atomic E-state index is 0.653. The lowest BCUT2D eigenvalue weighted by atomic mass is 10.1. The summed E-state index contributed by atoms with van der Waals surface area (Å²) in [5.41, 5.74) is 8.54. The van der Waals surface area contributed by atoms with Crippen molar-refractivity contribution in [3.05, 3.63) is 53.1 Å². The molecule has 0 fully saturated rings. The van der Waals surface area contributed by atoms with Crippen LogP contribution in [0.1, 0.15) is 11.1 Å². The number of halogens is 1. The number of pyridine rings is 2. The molecule has 0 unspecified atom stereocenters. The third kappa shape index (κ3) is 2.25. The standard InChI is InChI=1S/C11H10ClN3/c12-10-7-15-3-1-8(10)5-9-6-14-4-2-11(9)13/h1-4,6-7H,5H2,(H2,13,14). The predicted octanol–water partition coefficient (Wildman–Crippen LogP) is 2.30. The molecule has 0 aliphatic carbocycles. The zero-order chi connectivity index (χ0) is 10.7. The summed E-state index contributed by atoms with van der Waals surface area (Å²) in [7, 11) is 0. The lowest BCUT2D eigenvalue weighted by Gasteiger charge is -2.05. The average molecular weight is 220 g/mol. The van der Waals surface area contributed by atoms with Gasteiger partial charge >= 0.3 is 0 Å². The summed E-state index contributed by atoms with van der Waals surface area (Å²) in [6.45, 7) is 0. The Hall–Kier alpha value is -1.61. The van der Waals surface area contributed by atoms with E-state index in [0.717, 1.165) is 16.8 Å². The molecule has 2 heterocycles. The van der Waals surface area contributed by atoms with Crippen LogP contribution in [0.5, 0.6) is 0 Å². The monoisotopic (exact) mass is 219 g/mol. The second kappa shape index (κ2) is 4.28. The molecule has 0 amide bonds. The molecule has 0 saturated heterocycles. The van der Waals surface area contributed by atoms with E-state index in [4.69, 9.17) is 17.3 Å². The molecule has 4 heteroatoms. The van der Waals surface area contributed by atoms with Crippen LogP contribution in [0.3, 0.4) is 0 Å². The molecule has 15 heavy (non-hydrogen) atoms. The van der Waals surface area contributed by atoms with E-state index in [9.17, 15) is 0 Å². The van der Waals surface area contributed by atoms with Crippen LogP contribution in [0.4, 0.5) is 5.69 Å². The van der Waals surface area contributed by atoms with Crippen molar-refractivity contribution in [2.24, 2.45) is 0 Å². The molecule has 0 bridgehead atoms. The van der Waals surface area contributed by atoms with Gasteiger partial charge in [-0.2, -0.15) is 0 Å². The van der Waals surface area contributed by atoms with Gasteiger partial charge < -0.3 is 5.73 Å². The topological polar surface area (TPSA) is 51.8 Å².